The van der Waals surface area contributed by atoms with Crippen molar-refractivity contribution in [3.05, 3.63) is 0 Å². The zero-order valence-corrected chi connectivity index (χ0v) is 20.7. The van der Waals surface area contributed by atoms with E-state index in [1.807, 2.05) is 0 Å². The second-order valence-corrected chi connectivity index (χ2v) is 12.1. The quantitative estimate of drug-likeness (QED) is 0.369. The highest BCUT2D eigenvalue weighted by Gasteiger charge is 2.49. The minimum atomic E-state index is -0.0886. The average Bonchev–Trinajstić information content (AvgIpc) is 3.18. The van der Waals surface area contributed by atoms with Crippen LogP contribution in [0.25, 0.3) is 0 Å². The number of piperidine rings is 1. The van der Waals surface area contributed by atoms with E-state index in [0.717, 1.165) is 75.9 Å². The van der Waals surface area contributed by atoms with E-state index in [4.69, 9.17) is 15.9 Å². The second-order valence-electron chi connectivity index (χ2n) is 12.1. The summed E-state index contributed by atoms with van der Waals surface area (Å²) in [4.78, 5) is 18.5. The van der Waals surface area contributed by atoms with Crippen molar-refractivity contribution in [2.24, 2.45) is 35.3 Å². The number of rotatable bonds is 5. The average molecular weight is 459 g/mol. The van der Waals surface area contributed by atoms with Gasteiger partial charge in [-0.3, -0.25) is 15.1 Å². The fourth-order valence-corrected chi connectivity index (χ4v) is 8.24. The van der Waals surface area contributed by atoms with Crippen LogP contribution < -0.4 is 5.73 Å². The van der Waals surface area contributed by atoms with E-state index in [1.165, 1.54) is 44.9 Å². The molecule has 7 atom stereocenters. The molecule has 0 spiro atoms. The van der Waals surface area contributed by atoms with Crippen molar-refractivity contribution in [1.29, 1.82) is 5.41 Å². The topological polar surface area (TPSA) is 82.6 Å². The Labute approximate surface area is 200 Å². The Morgan fingerprint density at radius 2 is 1.70 bits per heavy atom. The SMILES string of the molecule is CN1CCC(OC(=O)C2CC3CCC(C(=N)N)CC3N2CC2CCCC3CCCCC32)CC1. The first-order valence-corrected chi connectivity index (χ1v) is 14.0. The molecule has 2 saturated heterocycles. The van der Waals surface area contributed by atoms with Crippen LogP contribution in [0.15, 0.2) is 0 Å². The Morgan fingerprint density at radius 3 is 2.48 bits per heavy atom. The van der Waals surface area contributed by atoms with Gasteiger partial charge in [0.25, 0.3) is 0 Å². The van der Waals surface area contributed by atoms with Crippen LogP contribution in [0.5, 0.6) is 0 Å². The van der Waals surface area contributed by atoms with Gasteiger partial charge < -0.3 is 15.4 Å². The normalized spacial score (nSPS) is 40.7. The first-order chi connectivity index (χ1) is 16.0. The summed E-state index contributed by atoms with van der Waals surface area (Å²) >= 11 is 0. The molecule has 7 unspecified atom stereocenters. The second kappa shape index (κ2) is 10.2. The summed E-state index contributed by atoms with van der Waals surface area (Å²) in [7, 11) is 2.15. The number of likely N-dealkylation sites (tertiary alicyclic amines) is 2. The van der Waals surface area contributed by atoms with Crippen LogP contribution in [0.4, 0.5) is 0 Å². The van der Waals surface area contributed by atoms with Crippen LogP contribution >= 0.6 is 0 Å². The highest BCUT2D eigenvalue weighted by atomic mass is 16.5. The molecule has 2 aliphatic heterocycles. The van der Waals surface area contributed by atoms with Crippen molar-refractivity contribution in [1.82, 2.24) is 9.80 Å². The molecule has 0 amide bonds. The predicted molar refractivity (Wildman–Crippen MR) is 131 cm³/mol. The number of fused-ring (bicyclic) bond motifs is 2. The third-order valence-corrected chi connectivity index (χ3v) is 10.1. The zero-order chi connectivity index (χ0) is 22.9. The molecule has 2 heterocycles. The fourth-order valence-electron chi connectivity index (χ4n) is 8.24. The maximum absolute atomic E-state index is 13.5. The summed E-state index contributed by atoms with van der Waals surface area (Å²) in [6.07, 6.45) is 15.7. The van der Waals surface area contributed by atoms with Gasteiger partial charge in [-0.25, -0.2) is 0 Å². The largest absolute Gasteiger partial charge is 0.461 e. The van der Waals surface area contributed by atoms with E-state index in [1.54, 1.807) is 0 Å². The van der Waals surface area contributed by atoms with E-state index in [9.17, 15) is 4.79 Å². The van der Waals surface area contributed by atoms with Gasteiger partial charge in [0.15, 0.2) is 0 Å². The number of nitrogens with two attached hydrogens (primary N) is 1. The molecule has 5 rings (SSSR count). The standard InChI is InChI=1S/C27H46N4O2/c1-30-13-11-22(12-14-30)33-27(32)25-15-19-9-10-20(26(28)29)16-24(19)31(25)17-21-7-4-6-18-5-2-3-8-23(18)21/h18-25H,2-17H2,1H3,(H3,28,29). The maximum atomic E-state index is 13.5. The molecular weight excluding hydrogens is 412 g/mol. The van der Waals surface area contributed by atoms with Gasteiger partial charge in [-0.05, 0) is 82.1 Å². The summed E-state index contributed by atoms with van der Waals surface area (Å²) in [5.74, 6) is 3.61. The van der Waals surface area contributed by atoms with E-state index in [0.29, 0.717) is 17.8 Å². The summed E-state index contributed by atoms with van der Waals surface area (Å²) in [5, 5.41) is 8.06. The number of amidine groups is 1. The Bertz CT molecular complexity index is 704. The number of nitrogens with zero attached hydrogens (tertiary/aromatic N) is 2. The minimum absolute atomic E-state index is 0.0364. The molecule has 5 aliphatic rings. The molecule has 186 valence electrons. The predicted octanol–water partition coefficient (Wildman–Crippen LogP) is 4.03. The van der Waals surface area contributed by atoms with Crippen LogP contribution in [-0.4, -0.2) is 66.5 Å². The molecular formula is C27H46N4O2. The molecule has 3 saturated carbocycles. The molecule has 33 heavy (non-hydrogen) atoms. The van der Waals surface area contributed by atoms with E-state index in [-0.39, 0.29) is 24.0 Å². The van der Waals surface area contributed by atoms with E-state index < -0.39 is 0 Å². The van der Waals surface area contributed by atoms with Gasteiger partial charge in [-0.15, -0.1) is 0 Å². The molecule has 0 aromatic heterocycles. The maximum Gasteiger partial charge on any atom is 0.323 e. The lowest BCUT2D eigenvalue weighted by Gasteiger charge is -2.45. The highest BCUT2D eigenvalue weighted by molar-refractivity contribution is 5.80. The van der Waals surface area contributed by atoms with Crippen molar-refractivity contribution in [2.45, 2.75) is 102 Å². The van der Waals surface area contributed by atoms with Gasteiger partial charge >= 0.3 is 5.97 Å². The van der Waals surface area contributed by atoms with Crippen LogP contribution in [0.1, 0.15) is 83.5 Å². The van der Waals surface area contributed by atoms with E-state index in [2.05, 4.69) is 16.8 Å². The number of carbonyl (C=O) groups excluding carboxylic acids is 1. The number of esters is 1. The third kappa shape index (κ3) is 5.12. The number of hydrogen-bond donors (Lipinski definition) is 2. The van der Waals surface area contributed by atoms with Gasteiger partial charge in [-0.2, -0.15) is 0 Å². The number of carbonyl (C=O) groups is 1. The molecule has 0 aromatic carbocycles. The first kappa shape index (κ1) is 23.6. The van der Waals surface area contributed by atoms with Crippen LogP contribution in [0.3, 0.4) is 0 Å². The lowest BCUT2D eigenvalue weighted by molar-refractivity contribution is -0.157. The number of hydrogen-bond acceptors (Lipinski definition) is 5. The third-order valence-electron chi connectivity index (χ3n) is 10.1. The van der Waals surface area contributed by atoms with Gasteiger partial charge in [0.1, 0.15) is 12.1 Å². The number of nitrogens with one attached hydrogen (secondary N) is 1. The molecule has 6 heteroatoms. The van der Waals surface area contributed by atoms with Crippen LogP contribution in [-0.2, 0) is 9.53 Å². The number of ether oxygens (including phenoxy) is 1. The monoisotopic (exact) mass is 458 g/mol. The molecule has 6 nitrogen and oxygen atoms in total. The fraction of sp³-hybridized carbons (Fsp3) is 0.926. The Hall–Kier alpha value is -1.14. The van der Waals surface area contributed by atoms with Gasteiger partial charge in [0.05, 0.1) is 5.84 Å². The lowest BCUT2D eigenvalue weighted by Crippen LogP contribution is -2.50. The van der Waals surface area contributed by atoms with E-state index >= 15 is 0 Å². The van der Waals surface area contributed by atoms with Crippen molar-refractivity contribution in [3.8, 4) is 0 Å². The van der Waals surface area contributed by atoms with Crippen molar-refractivity contribution in [2.75, 3.05) is 26.7 Å². The Kier molecular flexibility index (Phi) is 7.31. The Morgan fingerprint density at radius 1 is 0.939 bits per heavy atom. The Balaban J connectivity index is 1.31. The minimum Gasteiger partial charge on any atom is -0.461 e. The smallest absolute Gasteiger partial charge is 0.323 e. The summed E-state index contributed by atoms with van der Waals surface area (Å²) in [6.45, 7) is 3.09. The molecule has 0 bridgehead atoms. The van der Waals surface area contributed by atoms with Crippen LogP contribution in [0, 0.1) is 35.0 Å². The summed E-state index contributed by atoms with van der Waals surface area (Å²) < 4.78 is 6.16. The van der Waals surface area contributed by atoms with Gasteiger partial charge in [0.2, 0.25) is 0 Å². The molecule has 3 aliphatic carbocycles. The molecule has 0 radical (unpaired) electrons. The summed E-state index contributed by atoms with van der Waals surface area (Å²) in [6, 6.07) is 0.306. The molecule has 3 N–H and O–H groups in total. The van der Waals surface area contributed by atoms with Gasteiger partial charge in [0, 0.05) is 31.6 Å². The lowest BCUT2D eigenvalue weighted by atomic mass is 9.65. The summed E-state index contributed by atoms with van der Waals surface area (Å²) in [5.41, 5.74) is 5.97. The van der Waals surface area contributed by atoms with Crippen molar-refractivity contribution < 1.29 is 9.53 Å². The van der Waals surface area contributed by atoms with Crippen molar-refractivity contribution >= 4 is 11.8 Å². The van der Waals surface area contributed by atoms with Crippen LogP contribution in [0.2, 0.25) is 0 Å². The van der Waals surface area contributed by atoms with Gasteiger partial charge in [-0.1, -0.05) is 32.1 Å². The zero-order valence-electron chi connectivity index (χ0n) is 20.7. The van der Waals surface area contributed by atoms with Crippen molar-refractivity contribution in [3.63, 3.8) is 0 Å². The highest BCUT2D eigenvalue weighted by Crippen LogP contribution is 2.47. The molecule has 0 aromatic rings. The first-order valence-electron chi connectivity index (χ1n) is 14.0. The molecule has 5 fully saturated rings.